The van der Waals surface area contributed by atoms with Crippen LogP contribution in [0.2, 0.25) is 0 Å². The summed E-state index contributed by atoms with van der Waals surface area (Å²) in [6.07, 6.45) is -15.8. The van der Waals surface area contributed by atoms with Crippen LogP contribution in [0.5, 0.6) is 23.0 Å². The third kappa shape index (κ3) is 5.72. The maximum Gasteiger partial charge on any atom is 0.421 e. The lowest BCUT2D eigenvalue weighted by molar-refractivity contribution is -0.140. The fourth-order valence-electron chi connectivity index (χ4n) is 3.10. The molecule has 0 unspecified atom stereocenters. The van der Waals surface area contributed by atoms with E-state index >= 15 is 4.39 Å². The molecule has 200 valence electrons. The van der Waals surface area contributed by atoms with Gasteiger partial charge in [0.15, 0.2) is 11.5 Å². The van der Waals surface area contributed by atoms with Crippen molar-refractivity contribution in [2.75, 3.05) is 11.5 Å². The number of ether oxygens (including phenoxy) is 2. The molecule has 0 aliphatic rings. The molecule has 0 aliphatic carbocycles. The van der Waals surface area contributed by atoms with E-state index in [0.29, 0.717) is 12.1 Å². The normalized spacial score (nSPS) is 12.5. The summed E-state index contributed by atoms with van der Waals surface area (Å²) in [5, 5.41) is 0. The Balaban J connectivity index is 2.09. The second-order valence-corrected chi connectivity index (χ2v) is 7.19. The predicted octanol–water partition coefficient (Wildman–Crippen LogP) is 7.91. The summed E-state index contributed by atoms with van der Waals surface area (Å²) in [5.74, 6) is -10.8. The Morgan fingerprint density at radius 1 is 0.568 bits per heavy atom. The van der Waals surface area contributed by atoms with Gasteiger partial charge in [0.25, 0.3) is 0 Å². The van der Waals surface area contributed by atoms with Crippen molar-refractivity contribution in [3.05, 3.63) is 70.5 Å². The lowest BCUT2D eigenvalue weighted by Crippen LogP contribution is -2.13. The summed E-state index contributed by atoms with van der Waals surface area (Å²) in [6.45, 7) is 0. The highest BCUT2D eigenvalue weighted by Gasteiger charge is 2.40. The van der Waals surface area contributed by atoms with E-state index in [4.69, 9.17) is 16.2 Å². The van der Waals surface area contributed by atoms with Crippen LogP contribution in [0.1, 0.15) is 16.7 Å². The first-order valence-electron chi connectivity index (χ1n) is 9.38. The molecule has 0 bridgehead atoms. The molecule has 0 aliphatic heterocycles. The van der Waals surface area contributed by atoms with E-state index < -0.39 is 87.0 Å². The van der Waals surface area contributed by atoms with Gasteiger partial charge in [-0.05, 0) is 12.1 Å². The molecule has 0 heterocycles. The van der Waals surface area contributed by atoms with Crippen molar-refractivity contribution in [2.24, 2.45) is 0 Å². The number of anilines is 2. The number of nitrogens with two attached hydrogens (primary N) is 2. The van der Waals surface area contributed by atoms with Gasteiger partial charge in [0.2, 0.25) is 5.82 Å². The second-order valence-electron chi connectivity index (χ2n) is 7.19. The molecule has 4 N–H and O–H groups in total. The molecule has 37 heavy (non-hydrogen) atoms. The molecule has 4 nitrogen and oxygen atoms in total. The number of alkyl halides is 9. The number of benzene rings is 3. The molecule has 0 amide bonds. The first-order valence-corrected chi connectivity index (χ1v) is 9.38. The monoisotopic (exact) mass is 550 g/mol. The number of hydrogen-bond acceptors (Lipinski definition) is 4. The van der Waals surface area contributed by atoms with Crippen LogP contribution < -0.4 is 20.9 Å². The predicted molar refractivity (Wildman–Crippen MR) is 103 cm³/mol. The fourth-order valence-corrected chi connectivity index (χ4v) is 3.10. The zero-order valence-electron chi connectivity index (χ0n) is 17.5. The molecule has 0 saturated carbocycles. The van der Waals surface area contributed by atoms with Gasteiger partial charge in [0.1, 0.15) is 39.8 Å². The average molecular weight is 550 g/mol. The van der Waals surface area contributed by atoms with Crippen molar-refractivity contribution in [2.45, 2.75) is 18.5 Å². The van der Waals surface area contributed by atoms with Crippen molar-refractivity contribution in [1.29, 1.82) is 0 Å². The summed E-state index contributed by atoms with van der Waals surface area (Å²) >= 11 is 0. The topological polar surface area (TPSA) is 70.5 Å². The van der Waals surface area contributed by atoms with Gasteiger partial charge in [-0.3, -0.25) is 0 Å². The first kappa shape index (κ1) is 27.6. The van der Waals surface area contributed by atoms with E-state index in [-0.39, 0.29) is 24.3 Å². The number of hydrogen-bond donors (Lipinski definition) is 2. The molecule has 3 aromatic carbocycles. The summed E-state index contributed by atoms with van der Waals surface area (Å²) in [4.78, 5) is 0. The second kappa shape index (κ2) is 9.15. The minimum Gasteiger partial charge on any atom is -0.454 e. The van der Waals surface area contributed by atoms with E-state index in [1.165, 1.54) is 0 Å². The van der Waals surface area contributed by atoms with Crippen molar-refractivity contribution < 1.29 is 62.2 Å². The summed E-state index contributed by atoms with van der Waals surface area (Å²) in [5.41, 5.74) is 2.12. The van der Waals surface area contributed by atoms with Crippen LogP contribution >= 0.6 is 0 Å². The lowest BCUT2D eigenvalue weighted by Gasteiger charge is -2.18. The number of rotatable bonds is 4. The maximum absolute atomic E-state index is 15.0. The molecule has 16 heteroatoms. The Hall–Kier alpha value is -3.98. The molecule has 0 spiro atoms. The zero-order valence-corrected chi connectivity index (χ0v) is 17.5. The zero-order chi connectivity index (χ0) is 28.1. The minimum atomic E-state index is -5.32. The van der Waals surface area contributed by atoms with E-state index in [0.717, 1.165) is 0 Å². The third-order valence-corrected chi connectivity index (χ3v) is 4.57. The third-order valence-electron chi connectivity index (χ3n) is 4.57. The van der Waals surface area contributed by atoms with Crippen molar-refractivity contribution in [3.63, 3.8) is 0 Å². The summed E-state index contributed by atoms with van der Waals surface area (Å²) in [6, 6.07) is 1.36. The van der Waals surface area contributed by atoms with Gasteiger partial charge in [0.05, 0.1) is 11.4 Å². The van der Waals surface area contributed by atoms with Crippen LogP contribution in [-0.4, -0.2) is 0 Å². The van der Waals surface area contributed by atoms with E-state index in [2.05, 4.69) is 4.74 Å². The highest BCUT2D eigenvalue weighted by atomic mass is 19.4. The number of nitrogen functional groups attached to an aromatic ring is 2. The minimum absolute atomic E-state index is 0.00174. The molecular formula is C21H10F12N2O2. The van der Waals surface area contributed by atoms with Crippen LogP contribution in [0, 0.1) is 17.5 Å². The van der Waals surface area contributed by atoms with Crippen LogP contribution in [0.15, 0.2) is 36.4 Å². The summed E-state index contributed by atoms with van der Waals surface area (Å²) < 4.78 is 170. The van der Waals surface area contributed by atoms with Crippen LogP contribution in [-0.2, 0) is 18.5 Å². The Bertz CT molecular complexity index is 1300. The summed E-state index contributed by atoms with van der Waals surface area (Å²) in [7, 11) is 0. The highest BCUT2D eigenvalue weighted by molar-refractivity contribution is 5.57. The Kier molecular flexibility index (Phi) is 6.83. The van der Waals surface area contributed by atoms with Gasteiger partial charge in [-0.15, -0.1) is 0 Å². The highest BCUT2D eigenvalue weighted by Crippen LogP contribution is 2.46. The standard InChI is InChI=1S/C21H10F12N2O2/c22-10-3-7(5-12(34)15(10)20(28,29)30)36-14-2-1-9(19(25,26)27)18(17(14)24)37-8-4-11(23)16(13(35)6-8)21(31,32)33/h1-6H,34-35H2. The van der Waals surface area contributed by atoms with Gasteiger partial charge < -0.3 is 20.9 Å². The molecule has 0 atom stereocenters. The largest absolute Gasteiger partial charge is 0.454 e. The van der Waals surface area contributed by atoms with Gasteiger partial charge in [-0.25, -0.2) is 8.78 Å². The maximum atomic E-state index is 15.0. The Morgan fingerprint density at radius 2 is 1.00 bits per heavy atom. The lowest BCUT2D eigenvalue weighted by atomic mass is 10.1. The fraction of sp³-hybridized carbons (Fsp3) is 0.143. The molecular weight excluding hydrogens is 540 g/mol. The quantitative estimate of drug-likeness (QED) is 0.256. The van der Waals surface area contributed by atoms with Crippen LogP contribution in [0.25, 0.3) is 0 Å². The Labute approximate surface area is 198 Å². The van der Waals surface area contributed by atoms with Crippen molar-refractivity contribution >= 4 is 11.4 Å². The van der Waals surface area contributed by atoms with Crippen LogP contribution in [0.3, 0.4) is 0 Å². The van der Waals surface area contributed by atoms with E-state index in [1.807, 2.05) is 0 Å². The van der Waals surface area contributed by atoms with Crippen LogP contribution in [0.4, 0.5) is 64.1 Å². The van der Waals surface area contributed by atoms with E-state index in [1.54, 1.807) is 0 Å². The molecule has 0 fully saturated rings. The molecule has 0 radical (unpaired) electrons. The van der Waals surface area contributed by atoms with Crippen molar-refractivity contribution in [3.8, 4) is 23.0 Å². The van der Waals surface area contributed by atoms with Gasteiger partial charge in [0, 0.05) is 24.3 Å². The average Bonchev–Trinajstić information content (AvgIpc) is 2.66. The van der Waals surface area contributed by atoms with E-state index in [9.17, 15) is 48.3 Å². The van der Waals surface area contributed by atoms with Gasteiger partial charge >= 0.3 is 18.5 Å². The van der Waals surface area contributed by atoms with Gasteiger partial charge in [-0.2, -0.15) is 43.9 Å². The van der Waals surface area contributed by atoms with Crippen molar-refractivity contribution in [1.82, 2.24) is 0 Å². The van der Waals surface area contributed by atoms with Gasteiger partial charge in [-0.1, -0.05) is 0 Å². The first-order chi connectivity index (χ1) is 16.8. The smallest absolute Gasteiger partial charge is 0.421 e. The molecule has 3 aromatic rings. The molecule has 3 rings (SSSR count). The molecule has 0 aromatic heterocycles. The number of halogens is 12. The SMILES string of the molecule is Nc1cc(Oc2ccc(C(F)(F)F)c(Oc3cc(N)c(C(F)(F)F)c(F)c3)c2F)cc(F)c1C(F)(F)F. The Morgan fingerprint density at radius 3 is 1.38 bits per heavy atom. The molecule has 0 saturated heterocycles.